The van der Waals surface area contributed by atoms with Gasteiger partial charge in [-0.05, 0) is 42.7 Å². The van der Waals surface area contributed by atoms with E-state index in [2.05, 4.69) is 16.0 Å². The van der Waals surface area contributed by atoms with Crippen LogP contribution in [0.1, 0.15) is 29.9 Å². The first-order valence-electron chi connectivity index (χ1n) is 12.4. The van der Waals surface area contributed by atoms with Gasteiger partial charge in [-0.15, -0.1) is 0 Å². The first kappa shape index (κ1) is 22.5. The van der Waals surface area contributed by atoms with Gasteiger partial charge in [-0.3, -0.25) is 19.6 Å². The number of nitrogens with zero attached hydrogens (tertiary/aromatic N) is 4. The highest BCUT2D eigenvalue weighted by atomic mass is 16.3. The van der Waals surface area contributed by atoms with E-state index in [4.69, 9.17) is 4.42 Å². The molecular weight excluding hydrogens is 452 g/mol. The van der Waals surface area contributed by atoms with Gasteiger partial charge in [-0.25, -0.2) is 4.79 Å². The van der Waals surface area contributed by atoms with Crippen molar-refractivity contribution in [1.29, 1.82) is 0 Å². The third kappa shape index (κ3) is 4.05. The van der Waals surface area contributed by atoms with E-state index < -0.39 is 5.54 Å². The summed E-state index contributed by atoms with van der Waals surface area (Å²) in [6.07, 6.45) is 2.86. The second kappa shape index (κ2) is 9.24. The Morgan fingerprint density at radius 1 is 0.833 bits per heavy atom. The summed E-state index contributed by atoms with van der Waals surface area (Å²) in [7, 11) is 0. The van der Waals surface area contributed by atoms with Crippen LogP contribution in [0.15, 0.2) is 89.5 Å². The Morgan fingerprint density at radius 2 is 1.58 bits per heavy atom. The number of pyridine rings is 1. The highest BCUT2D eigenvalue weighted by Gasteiger charge is 2.57. The van der Waals surface area contributed by atoms with Gasteiger partial charge in [-0.2, -0.15) is 0 Å². The summed E-state index contributed by atoms with van der Waals surface area (Å²) in [4.78, 5) is 37.4. The molecule has 6 rings (SSSR count). The van der Waals surface area contributed by atoms with Crippen LogP contribution in [0.4, 0.5) is 4.79 Å². The van der Waals surface area contributed by atoms with Gasteiger partial charge in [-0.1, -0.05) is 54.6 Å². The smallest absolute Gasteiger partial charge is 0.328 e. The lowest BCUT2D eigenvalue weighted by molar-refractivity contribution is -0.136. The summed E-state index contributed by atoms with van der Waals surface area (Å²) >= 11 is 0. The van der Waals surface area contributed by atoms with E-state index in [1.54, 1.807) is 11.1 Å². The molecule has 0 aliphatic carbocycles. The molecule has 7 heteroatoms. The van der Waals surface area contributed by atoms with Gasteiger partial charge in [0, 0.05) is 31.2 Å². The number of likely N-dealkylation sites (tertiary alicyclic amines) is 1. The van der Waals surface area contributed by atoms with Crippen LogP contribution in [0.25, 0.3) is 11.0 Å². The number of fused-ring (bicyclic) bond motifs is 1. The molecule has 36 heavy (non-hydrogen) atoms. The summed E-state index contributed by atoms with van der Waals surface area (Å²) in [5, 5.41) is 1.09. The van der Waals surface area contributed by atoms with E-state index in [0.29, 0.717) is 44.7 Å². The average Bonchev–Trinajstić information content (AvgIpc) is 3.40. The van der Waals surface area contributed by atoms with Crippen molar-refractivity contribution >= 4 is 22.9 Å². The highest BCUT2D eigenvalue weighted by Crippen LogP contribution is 2.39. The molecule has 2 aliphatic heterocycles. The topological polar surface area (TPSA) is 69.9 Å². The molecule has 4 aromatic rings. The zero-order valence-corrected chi connectivity index (χ0v) is 20.0. The number of hydrogen-bond donors (Lipinski definition) is 0. The molecule has 7 nitrogen and oxygen atoms in total. The van der Waals surface area contributed by atoms with E-state index in [-0.39, 0.29) is 18.5 Å². The third-order valence-corrected chi connectivity index (χ3v) is 7.39. The number of para-hydroxylation sites is 1. The van der Waals surface area contributed by atoms with Gasteiger partial charge in [0.1, 0.15) is 16.9 Å². The molecule has 2 saturated heterocycles. The first-order chi connectivity index (χ1) is 17.6. The minimum atomic E-state index is -0.841. The molecule has 3 amide bonds. The quantitative estimate of drug-likeness (QED) is 0.370. The number of urea groups is 1. The number of rotatable bonds is 6. The molecule has 182 valence electrons. The number of imide groups is 1. The fourth-order valence-electron chi connectivity index (χ4n) is 5.46. The van der Waals surface area contributed by atoms with Gasteiger partial charge in [0.25, 0.3) is 5.91 Å². The molecule has 0 unspecified atom stereocenters. The minimum absolute atomic E-state index is 0.113. The number of benzene rings is 2. The summed E-state index contributed by atoms with van der Waals surface area (Å²) in [5.74, 6) is 0.802. The lowest BCUT2D eigenvalue weighted by atomic mass is 9.85. The number of hydrogen-bond acceptors (Lipinski definition) is 5. The Bertz CT molecular complexity index is 1340. The predicted octanol–water partition coefficient (Wildman–Crippen LogP) is 4.83. The van der Waals surface area contributed by atoms with E-state index in [1.165, 1.54) is 4.90 Å². The van der Waals surface area contributed by atoms with Crippen LogP contribution in [-0.4, -0.2) is 50.3 Å². The molecule has 0 atom stereocenters. The van der Waals surface area contributed by atoms with Crippen LogP contribution < -0.4 is 0 Å². The van der Waals surface area contributed by atoms with E-state index in [1.807, 2.05) is 72.8 Å². The first-order valence-corrected chi connectivity index (χ1v) is 12.4. The fraction of sp³-hybridized carbons (Fsp3) is 0.276. The summed E-state index contributed by atoms with van der Waals surface area (Å²) in [6.45, 7) is 2.70. The van der Waals surface area contributed by atoms with Crippen molar-refractivity contribution in [1.82, 2.24) is 19.7 Å². The highest BCUT2D eigenvalue weighted by molar-refractivity contribution is 6.07. The van der Waals surface area contributed by atoms with E-state index >= 15 is 0 Å². The van der Waals surface area contributed by atoms with Crippen molar-refractivity contribution < 1.29 is 14.0 Å². The summed E-state index contributed by atoms with van der Waals surface area (Å²) in [5.41, 5.74) is 1.77. The molecule has 2 aliphatic rings. The molecule has 1 spiro atoms. The molecular formula is C29H28N4O3. The Morgan fingerprint density at radius 3 is 2.33 bits per heavy atom. The molecule has 0 radical (unpaired) electrons. The van der Waals surface area contributed by atoms with E-state index in [0.717, 1.165) is 22.3 Å². The molecule has 4 heterocycles. The van der Waals surface area contributed by atoms with Crippen molar-refractivity contribution in [2.45, 2.75) is 38.0 Å². The maximum Gasteiger partial charge on any atom is 0.328 e. The SMILES string of the molecule is O=C1N(Cc2ccccn2)C(=O)C2(CCN(Cc3cc4ccccc4o3)CC2)N1Cc1ccccc1. The molecule has 2 aromatic carbocycles. The normalized spacial score (nSPS) is 18.0. The lowest BCUT2D eigenvalue weighted by Gasteiger charge is -2.42. The summed E-state index contributed by atoms with van der Waals surface area (Å²) in [6, 6.07) is 25.3. The molecule has 2 fully saturated rings. The molecule has 0 saturated carbocycles. The number of aromatic nitrogens is 1. The number of furan rings is 1. The van der Waals surface area contributed by atoms with Crippen molar-refractivity contribution in [3.63, 3.8) is 0 Å². The van der Waals surface area contributed by atoms with Crippen LogP contribution in [-0.2, 0) is 24.4 Å². The standard InChI is InChI=1S/C29H28N4O3/c34-27-29(13-16-31(17-14-29)21-25-18-23-10-4-5-12-26(23)36-25)33(19-22-8-2-1-3-9-22)28(35)32(27)20-24-11-6-7-15-30-24/h1-12,15,18H,13-14,16-17,19-21H2. The lowest BCUT2D eigenvalue weighted by Crippen LogP contribution is -2.56. The van der Waals surface area contributed by atoms with Gasteiger partial charge >= 0.3 is 6.03 Å². The van der Waals surface area contributed by atoms with Crippen LogP contribution in [0.3, 0.4) is 0 Å². The number of carbonyl (C=O) groups excluding carboxylic acids is 2. The van der Waals surface area contributed by atoms with Crippen molar-refractivity contribution in [3.8, 4) is 0 Å². The van der Waals surface area contributed by atoms with Crippen LogP contribution in [0, 0.1) is 0 Å². The third-order valence-electron chi connectivity index (χ3n) is 7.39. The Kier molecular flexibility index (Phi) is 5.77. The minimum Gasteiger partial charge on any atom is -0.460 e. The van der Waals surface area contributed by atoms with Crippen molar-refractivity contribution in [2.24, 2.45) is 0 Å². The molecule has 0 bridgehead atoms. The Hall–Kier alpha value is -3.97. The largest absolute Gasteiger partial charge is 0.460 e. The zero-order valence-electron chi connectivity index (χ0n) is 20.0. The van der Waals surface area contributed by atoms with Gasteiger partial charge in [0.2, 0.25) is 0 Å². The van der Waals surface area contributed by atoms with Gasteiger partial charge in [0.05, 0.1) is 18.8 Å². The Labute approximate surface area is 209 Å². The molecule has 2 aromatic heterocycles. The average molecular weight is 481 g/mol. The number of amides is 3. The zero-order chi connectivity index (χ0) is 24.5. The monoisotopic (exact) mass is 480 g/mol. The van der Waals surface area contributed by atoms with Crippen molar-refractivity contribution in [3.05, 3.63) is 102 Å². The maximum absolute atomic E-state index is 13.9. The predicted molar refractivity (Wildman–Crippen MR) is 136 cm³/mol. The van der Waals surface area contributed by atoms with Crippen molar-refractivity contribution in [2.75, 3.05) is 13.1 Å². The molecule has 0 N–H and O–H groups in total. The maximum atomic E-state index is 13.9. The number of carbonyl (C=O) groups is 2. The fourth-order valence-corrected chi connectivity index (χ4v) is 5.46. The Balaban J connectivity index is 1.23. The van der Waals surface area contributed by atoms with Crippen LogP contribution in [0.5, 0.6) is 0 Å². The van der Waals surface area contributed by atoms with Gasteiger partial charge in [0.15, 0.2) is 0 Å². The van der Waals surface area contributed by atoms with Crippen LogP contribution in [0.2, 0.25) is 0 Å². The van der Waals surface area contributed by atoms with Gasteiger partial charge < -0.3 is 9.32 Å². The number of piperidine rings is 1. The second-order valence-corrected chi connectivity index (χ2v) is 9.62. The second-order valence-electron chi connectivity index (χ2n) is 9.62. The summed E-state index contributed by atoms with van der Waals surface area (Å²) < 4.78 is 6.02. The van der Waals surface area contributed by atoms with E-state index in [9.17, 15) is 9.59 Å². The van der Waals surface area contributed by atoms with Crippen LogP contribution >= 0.6 is 0 Å².